The van der Waals surface area contributed by atoms with Crippen LogP contribution >= 0.6 is 11.6 Å². The number of nitrogens with zero attached hydrogens (tertiary/aromatic N) is 2. The minimum atomic E-state index is -4.20. The summed E-state index contributed by atoms with van der Waals surface area (Å²) in [6.07, 6.45) is 5.32. The Bertz CT molecular complexity index is 1820. The summed E-state index contributed by atoms with van der Waals surface area (Å²) >= 11 is 6.28. The number of nitrogens with one attached hydrogen (secondary N) is 1. The Labute approximate surface area is 290 Å². The van der Waals surface area contributed by atoms with Gasteiger partial charge in [0, 0.05) is 24.0 Å². The van der Waals surface area contributed by atoms with Crippen LogP contribution < -0.4 is 9.62 Å². The molecule has 0 radical (unpaired) electrons. The van der Waals surface area contributed by atoms with E-state index in [2.05, 4.69) is 5.32 Å². The minimum absolute atomic E-state index is 0.0371. The fraction of sp³-hybridized carbons (Fsp3) is 0.333. The molecule has 9 heteroatoms. The molecule has 1 saturated carbocycles. The van der Waals surface area contributed by atoms with E-state index < -0.39 is 28.5 Å². The van der Waals surface area contributed by atoms with Gasteiger partial charge >= 0.3 is 0 Å². The van der Waals surface area contributed by atoms with E-state index in [1.54, 1.807) is 54.3 Å². The Morgan fingerprint density at radius 2 is 1.50 bits per heavy atom. The highest BCUT2D eigenvalue weighted by Gasteiger charge is 2.36. The maximum atomic E-state index is 14.8. The second-order valence-corrected chi connectivity index (χ2v) is 15.1. The van der Waals surface area contributed by atoms with Crippen molar-refractivity contribution in [3.63, 3.8) is 0 Å². The van der Waals surface area contributed by atoms with Crippen LogP contribution in [-0.4, -0.2) is 43.8 Å². The molecule has 2 amide bonds. The van der Waals surface area contributed by atoms with Crippen LogP contribution in [0.15, 0.2) is 102 Å². The zero-order chi connectivity index (χ0) is 34.3. The van der Waals surface area contributed by atoms with Gasteiger partial charge in [-0.3, -0.25) is 13.9 Å². The largest absolute Gasteiger partial charge is 0.352 e. The Hall–Kier alpha value is -4.14. The maximum Gasteiger partial charge on any atom is 0.264 e. The number of amides is 2. The van der Waals surface area contributed by atoms with Crippen molar-refractivity contribution >= 4 is 39.1 Å². The van der Waals surface area contributed by atoms with E-state index in [-0.39, 0.29) is 29.8 Å². The molecule has 4 aromatic rings. The Kier molecular flexibility index (Phi) is 11.6. The third-order valence-electron chi connectivity index (χ3n) is 9.14. The van der Waals surface area contributed by atoms with E-state index in [0.29, 0.717) is 16.3 Å². The van der Waals surface area contributed by atoms with Gasteiger partial charge in [-0.15, -0.1) is 0 Å². The molecule has 0 heterocycles. The highest BCUT2D eigenvalue weighted by atomic mass is 35.5. The zero-order valence-electron chi connectivity index (χ0n) is 27.9. The van der Waals surface area contributed by atoms with E-state index in [1.165, 1.54) is 0 Å². The third-order valence-corrected chi connectivity index (χ3v) is 11.1. The lowest BCUT2D eigenvalue weighted by atomic mass is 9.94. The van der Waals surface area contributed by atoms with Crippen molar-refractivity contribution in [2.24, 2.45) is 0 Å². The molecule has 1 aliphatic carbocycles. The van der Waals surface area contributed by atoms with Gasteiger partial charge in [0.25, 0.3) is 10.0 Å². The highest BCUT2D eigenvalue weighted by molar-refractivity contribution is 7.92. The number of aryl methyl sites for hydroxylation is 3. The molecule has 48 heavy (non-hydrogen) atoms. The predicted octanol–water partition coefficient (Wildman–Crippen LogP) is 7.55. The summed E-state index contributed by atoms with van der Waals surface area (Å²) in [6.45, 7) is 5.25. The molecule has 252 valence electrons. The van der Waals surface area contributed by atoms with Crippen LogP contribution in [-0.2, 0) is 32.6 Å². The Morgan fingerprint density at radius 3 is 2.17 bits per heavy atom. The van der Waals surface area contributed by atoms with E-state index in [0.717, 1.165) is 58.7 Å². The van der Waals surface area contributed by atoms with Gasteiger partial charge in [-0.1, -0.05) is 103 Å². The van der Waals surface area contributed by atoms with Crippen LogP contribution in [0.3, 0.4) is 0 Å². The first-order valence-corrected chi connectivity index (χ1v) is 18.4. The van der Waals surface area contributed by atoms with E-state index >= 15 is 0 Å². The van der Waals surface area contributed by atoms with Gasteiger partial charge < -0.3 is 10.2 Å². The first-order valence-electron chi connectivity index (χ1n) is 16.6. The summed E-state index contributed by atoms with van der Waals surface area (Å²) in [7, 11) is -4.20. The third kappa shape index (κ3) is 8.65. The lowest BCUT2D eigenvalue weighted by Crippen LogP contribution is -2.55. The van der Waals surface area contributed by atoms with Crippen LogP contribution in [0, 0.1) is 20.8 Å². The van der Waals surface area contributed by atoms with Gasteiger partial charge in [-0.2, -0.15) is 0 Å². The zero-order valence-corrected chi connectivity index (χ0v) is 29.4. The predicted molar refractivity (Wildman–Crippen MR) is 193 cm³/mol. The molecule has 0 spiro atoms. The summed E-state index contributed by atoms with van der Waals surface area (Å²) in [5.74, 6) is -0.716. The molecule has 0 aromatic heterocycles. The monoisotopic (exact) mass is 685 g/mol. The second-order valence-electron chi connectivity index (χ2n) is 12.8. The number of anilines is 1. The van der Waals surface area contributed by atoms with Gasteiger partial charge in [0.1, 0.15) is 12.6 Å². The smallest absolute Gasteiger partial charge is 0.264 e. The Morgan fingerprint density at radius 1 is 0.833 bits per heavy atom. The molecule has 1 fully saturated rings. The van der Waals surface area contributed by atoms with Crippen molar-refractivity contribution in [3.05, 3.63) is 130 Å². The molecular formula is C39H44ClN3O4S. The van der Waals surface area contributed by atoms with Crippen molar-refractivity contribution in [2.45, 2.75) is 82.8 Å². The van der Waals surface area contributed by atoms with Crippen molar-refractivity contribution in [1.29, 1.82) is 0 Å². The van der Waals surface area contributed by atoms with Crippen LogP contribution in [0.1, 0.15) is 59.9 Å². The number of carbonyl (C=O) groups is 2. The average Bonchev–Trinajstić information content (AvgIpc) is 3.07. The summed E-state index contributed by atoms with van der Waals surface area (Å²) < 4.78 is 29.9. The quantitative estimate of drug-likeness (QED) is 0.167. The highest BCUT2D eigenvalue weighted by Crippen LogP contribution is 2.30. The number of hydrogen-bond donors (Lipinski definition) is 1. The molecular weight excluding hydrogens is 642 g/mol. The van der Waals surface area contributed by atoms with Crippen molar-refractivity contribution < 1.29 is 18.0 Å². The summed E-state index contributed by atoms with van der Waals surface area (Å²) in [5, 5.41) is 3.71. The minimum Gasteiger partial charge on any atom is -0.352 e. The molecule has 1 N–H and O–H groups in total. The normalized spacial score (nSPS) is 14.2. The lowest BCUT2D eigenvalue weighted by Gasteiger charge is -2.35. The summed E-state index contributed by atoms with van der Waals surface area (Å²) in [6, 6.07) is 28.0. The number of rotatable bonds is 12. The standard InChI is InChI=1S/C39H44ClN3O4S/c1-28-18-21-35(22-19-28)48(46,47)43(36-23-20-33(40)24-30(36)3)27-38(44)42(26-32-15-11-10-12-29(32)2)37(25-31-13-6-4-7-14-31)39(45)41-34-16-8-5-9-17-34/h4,6-7,10-15,18-24,34,37H,5,8-9,16-17,25-27H2,1-3H3,(H,41,45)/t37-/m1/s1. The molecule has 1 atom stereocenters. The molecule has 5 rings (SSSR count). The summed E-state index contributed by atoms with van der Waals surface area (Å²) in [5.41, 5.74) is 4.62. The van der Waals surface area contributed by atoms with Crippen LogP contribution in [0.25, 0.3) is 0 Å². The number of halogens is 1. The molecule has 0 unspecified atom stereocenters. The van der Waals surface area contributed by atoms with E-state index in [1.807, 2.05) is 68.4 Å². The molecule has 4 aromatic carbocycles. The number of benzene rings is 4. The van der Waals surface area contributed by atoms with Crippen molar-refractivity contribution in [3.8, 4) is 0 Å². The first kappa shape index (κ1) is 35.2. The average molecular weight is 686 g/mol. The van der Waals surface area contributed by atoms with Gasteiger partial charge in [-0.05, 0) is 86.2 Å². The number of carbonyl (C=O) groups excluding carboxylic acids is 2. The van der Waals surface area contributed by atoms with Crippen LogP contribution in [0.5, 0.6) is 0 Å². The second kappa shape index (κ2) is 15.8. The molecule has 0 aliphatic heterocycles. The molecule has 0 saturated heterocycles. The van der Waals surface area contributed by atoms with Crippen molar-refractivity contribution in [2.75, 3.05) is 10.8 Å². The first-order chi connectivity index (χ1) is 23.0. The van der Waals surface area contributed by atoms with Gasteiger partial charge in [0.05, 0.1) is 10.6 Å². The summed E-state index contributed by atoms with van der Waals surface area (Å²) in [4.78, 5) is 30.7. The SMILES string of the molecule is Cc1ccc(S(=O)(=O)N(CC(=O)N(Cc2ccccc2C)[C@H](Cc2ccccc2)C(=O)NC2CCCCC2)c2ccc(Cl)cc2C)cc1. The van der Waals surface area contributed by atoms with Crippen molar-refractivity contribution in [1.82, 2.24) is 10.2 Å². The molecule has 1 aliphatic rings. The molecule has 0 bridgehead atoms. The van der Waals surface area contributed by atoms with Gasteiger partial charge in [-0.25, -0.2) is 8.42 Å². The van der Waals surface area contributed by atoms with Crippen LogP contribution in [0.4, 0.5) is 5.69 Å². The fourth-order valence-electron chi connectivity index (χ4n) is 6.32. The maximum absolute atomic E-state index is 14.8. The van der Waals surface area contributed by atoms with E-state index in [4.69, 9.17) is 11.6 Å². The van der Waals surface area contributed by atoms with Gasteiger partial charge in [0.2, 0.25) is 11.8 Å². The van der Waals surface area contributed by atoms with Gasteiger partial charge in [0.15, 0.2) is 0 Å². The van der Waals surface area contributed by atoms with E-state index in [9.17, 15) is 18.0 Å². The molecule has 7 nitrogen and oxygen atoms in total. The van der Waals surface area contributed by atoms with Crippen LogP contribution in [0.2, 0.25) is 5.02 Å². The lowest BCUT2D eigenvalue weighted by molar-refractivity contribution is -0.140. The fourth-order valence-corrected chi connectivity index (χ4v) is 8.02. The number of sulfonamides is 1. The Balaban J connectivity index is 1.59. The number of hydrogen-bond acceptors (Lipinski definition) is 4. The topological polar surface area (TPSA) is 86.8 Å².